The van der Waals surface area contributed by atoms with Crippen molar-refractivity contribution in [3.05, 3.63) is 39.9 Å². The highest BCUT2D eigenvalue weighted by Crippen LogP contribution is 2.11. The number of ether oxygens (including phenoxy) is 1. The van der Waals surface area contributed by atoms with Crippen molar-refractivity contribution in [3.63, 3.8) is 0 Å². The summed E-state index contributed by atoms with van der Waals surface area (Å²) in [5.74, 6) is -0.281. The molecular formula is C12H16N2O5. The zero-order valence-corrected chi connectivity index (χ0v) is 10.4. The van der Waals surface area contributed by atoms with Crippen LogP contribution in [0.4, 0.5) is 5.69 Å². The number of benzene rings is 1. The molecule has 0 aromatic heterocycles. The second-order valence-electron chi connectivity index (χ2n) is 3.75. The summed E-state index contributed by atoms with van der Waals surface area (Å²) in [5, 5.41) is 21.6. The van der Waals surface area contributed by atoms with Crippen LogP contribution in [0.25, 0.3) is 0 Å². The molecule has 2 N–H and O–H groups in total. The van der Waals surface area contributed by atoms with Crippen molar-refractivity contribution in [2.45, 2.75) is 6.42 Å². The topological polar surface area (TPSA) is 102 Å². The maximum atomic E-state index is 11.7. The SMILES string of the molecule is O=C(NCCCOCCO)c1ccc([N+](=O)[O-])cc1. The van der Waals surface area contributed by atoms with E-state index in [2.05, 4.69) is 5.32 Å². The van der Waals surface area contributed by atoms with Gasteiger partial charge in [-0.1, -0.05) is 0 Å². The molecule has 0 heterocycles. The highest BCUT2D eigenvalue weighted by molar-refractivity contribution is 5.94. The minimum Gasteiger partial charge on any atom is -0.394 e. The van der Waals surface area contributed by atoms with Gasteiger partial charge in [-0.15, -0.1) is 0 Å². The van der Waals surface area contributed by atoms with Crippen LogP contribution in [0.5, 0.6) is 0 Å². The maximum absolute atomic E-state index is 11.7. The van der Waals surface area contributed by atoms with Gasteiger partial charge < -0.3 is 15.2 Å². The number of hydrogen-bond acceptors (Lipinski definition) is 5. The summed E-state index contributed by atoms with van der Waals surface area (Å²) in [7, 11) is 0. The fourth-order valence-electron chi connectivity index (χ4n) is 1.38. The summed E-state index contributed by atoms with van der Waals surface area (Å²) >= 11 is 0. The second-order valence-corrected chi connectivity index (χ2v) is 3.75. The van der Waals surface area contributed by atoms with E-state index in [4.69, 9.17) is 9.84 Å². The van der Waals surface area contributed by atoms with Gasteiger partial charge in [-0.3, -0.25) is 14.9 Å². The van der Waals surface area contributed by atoms with Crippen LogP contribution in [0.15, 0.2) is 24.3 Å². The largest absolute Gasteiger partial charge is 0.394 e. The molecule has 1 aromatic rings. The molecule has 1 aromatic carbocycles. The van der Waals surface area contributed by atoms with Gasteiger partial charge in [0.15, 0.2) is 0 Å². The second kappa shape index (κ2) is 8.17. The van der Waals surface area contributed by atoms with Crippen LogP contribution in [-0.4, -0.2) is 42.3 Å². The van der Waals surface area contributed by atoms with Crippen LogP contribution in [0.2, 0.25) is 0 Å². The highest BCUT2D eigenvalue weighted by Gasteiger charge is 2.08. The summed E-state index contributed by atoms with van der Waals surface area (Å²) in [5.41, 5.74) is 0.329. The van der Waals surface area contributed by atoms with Crippen molar-refractivity contribution in [2.24, 2.45) is 0 Å². The number of rotatable bonds is 8. The Morgan fingerprint density at radius 3 is 2.58 bits per heavy atom. The lowest BCUT2D eigenvalue weighted by Crippen LogP contribution is -2.25. The summed E-state index contributed by atoms with van der Waals surface area (Å²) in [6, 6.07) is 5.41. The van der Waals surface area contributed by atoms with Gasteiger partial charge in [-0.05, 0) is 18.6 Å². The molecule has 0 aliphatic heterocycles. The van der Waals surface area contributed by atoms with Gasteiger partial charge >= 0.3 is 0 Å². The standard InChI is InChI=1S/C12H16N2O5/c15-7-9-19-8-1-6-13-12(16)10-2-4-11(5-3-10)14(17)18/h2-5,15H,1,6-9H2,(H,13,16). The highest BCUT2D eigenvalue weighted by atomic mass is 16.6. The number of nitro benzene ring substituents is 1. The van der Waals surface area contributed by atoms with Crippen LogP contribution in [0, 0.1) is 10.1 Å². The number of carbonyl (C=O) groups excluding carboxylic acids is 1. The normalized spacial score (nSPS) is 10.2. The number of nitro groups is 1. The molecule has 1 amide bonds. The molecule has 0 radical (unpaired) electrons. The molecular weight excluding hydrogens is 252 g/mol. The Hall–Kier alpha value is -1.99. The van der Waals surface area contributed by atoms with Gasteiger partial charge in [0.2, 0.25) is 0 Å². The van der Waals surface area contributed by atoms with E-state index in [0.717, 1.165) is 0 Å². The van der Waals surface area contributed by atoms with Crippen molar-refractivity contribution >= 4 is 11.6 Å². The minimum atomic E-state index is -0.514. The number of aliphatic hydroxyl groups is 1. The van der Waals surface area contributed by atoms with Gasteiger partial charge in [0.25, 0.3) is 11.6 Å². The maximum Gasteiger partial charge on any atom is 0.269 e. The molecule has 7 nitrogen and oxygen atoms in total. The van der Waals surface area contributed by atoms with Crippen molar-refractivity contribution < 1.29 is 19.6 Å². The number of aliphatic hydroxyl groups excluding tert-OH is 1. The molecule has 19 heavy (non-hydrogen) atoms. The zero-order valence-electron chi connectivity index (χ0n) is 10.4. The fourth-order valence-corrected chi connectivity index (χ4v) is 1.38. The molecule has 104 valence electrons. The number of non-ortho nitro benzene ring substituents is 1. The summed E-state index contributed by atoms with van der Waals surface area (Å²) in [6.07, 6.45) is 0.638. The quantitative estimate of drug-likeness (QED) is 0.411. The lowest BCUT2D eigenvalue weighted by atomic mass is 10.2. The van der Waals surface area contributed by atoms with E-state index in [1.807, 2.05) is 0 Å². The molecule has 0 unspecified atom stereocenters. The smallest absolute Gasteiger partial charge is 0.269 e. The Bertz CT molecular complexity index is 419. The third-order valence-electron chi connectivity index (χ3n) is 2.33. The number of nitrogens with one attached hydrogen (secondary N) is 1. The first kappa shape index (κ1) is 15.1. The van der Waals surface area contributed by atoms with E-state index < -0.39 is 4.92 Å². The van der Waals surface area contributed by atoms with Gasteiger partial charge in [0, 0.05) is 30.8 Å². The summed E-state index contributed by atoms with van der Waals surface area (Å²) < 4.78 is 5.04. The van der Waals surface area contributed by atoms with E-state index in [1.54, 1.807) is 0 Å². The molecule has 0 atom stereocenters. The van der Waals surface area contributed by atoms with E-state index in [1.165, 1.54) is 24.3 Å². The Morgan fingerprint density at radius 2 is 2.00 bits per heavy atom. The van der Waals surface area contributed by atoms with Crippen LogP contribution < -0.4 is 5.32 Å². The molecule has 1 rings (SSSR count). The van der Waals surface area contributed by atoms with E-state index in [0.29, 0.717) is 25.1 Å². The minimum absolute atomic E-state index is 0.0187. The molecule has 7 heteroatoms. The molecule has 0 fully saturated rings. The number of nitrogens with zero attached hydrogens (tertiary/aromatic N) is 1. The number of hydrogen-bond donors (Lipinski definition) is 2. The first-order valence-electron chi connectivity index (χ1n) is 5.86. The Kier molecular flexibility index (Phi) is 6.48. The van der Waals surface area contributed by atoms with Gasteiger partial charge in [-0.25, -0.2) is 0 Å². The van der Waals surface area contributed by atoms with Crippen molar-refractivity contribution in [1.29, 1.82) is 0 Å². The first-order valence-corrected chi connectivity index (χ1v) is 5.86. The van der Waals surface area contributed by atoms with Gasteiger partial charge in [0.05, 0.1) is 18.1 Å². The Labute approximate surface area is 110 Å². The third-order valence-corrected chi connectivity index (χ3v) is 2.33. The average Bonchev–Trinajstić information content (AvgIpc) is 2.42. The van der Waals surface area contributed by atoms with Crippen LogP contribution in [0.3, 0.4) is 0 Å². The number of amides is 1. The molecule has 0 aliphatic carbocycles. The average molecular weight is 268 g/mol. The van der Waals surface area contributed by atoms with E-state index in [-0.39, 0.29) is 24.8 Å². The molecule has 0 aliphatic rings. The zero-order chi connectivity index (χ0) is 14.1. The van der Waals surface area contributed by atoms with Crippen molar-refractivity contribution in [1.82, 2.24) is 5.32 Å². The van der Waals surface area contributed by atoms with E-state index in [9.17, 15) is 14.9 Å². The van der Waals surface area contributed by atoms with Crippen molar-refractivity contribution in [3.8, 4) is 0 Å². The van der Waals surface area contributed by atoms with Crippen LogP contribution in [0.1, 0.15) is 16.8 Å². The molecule has 0 bridgehead atoms. The van der Waals surface area contributed by atoms with Crippen LogP contribution >= 0.6 is 0 Å². The fraction of sp³-hybridized carbons (Fsp3) is 0.417. The Balaban J connectivity index is 2.31. The van der Waals surface area contributed by atoms with Crippen molar-refractivity contribution in [2.75, 3.05) is 26.4 Å². The first-order chi connectivity index (χ1) is 9.15. The Morgan fingerprint density at radius 1 is 1.32 bits per heavy atom. The lowest BCUT2D eigenvalue weighted by molar-refractivity contribution is -0.384. The van der Waals surface area contributed by atoms with E-state index >= 15 is 0 Å². The van der Waals surface area contributed by atoms with Gasteiger partial charge in [-0.2, -0.15) is 0 Å². The monoisotopic (exact) mass is 268 g/mol. The van der Waals surface area contributed by atoms with Crippen LogP contribution in [-0.2, 0) is 4.74 Å². The molecule has 0 saturated heterocycles. The lowest BCUT2D eigenvalue weighted by Gasteiger charge is -2.05. The number of carbonyl (C=O) groups is 1. The summed E-state index contributed by atoms with van der Waals surface area (Å²) in [6.45, 7) is 1.17. The summed E-state index contributed by atoms with van der Waals surface area (Å²) in [4.78, 5) is 21.6. The predicted molar refractivity (Wildman–Crippen MR) is 68.0 cm³/mol. The molecule has 0 saturated carbocycles. The van der Waals surface area contributed by atoms with Gasteiger partial charge in [0.1, 0.15) is 0 Å². The molecule has 0 spiro atoms. The third kappa shape index (κ3) is 5.45. The predicted octanol–water partition coefficient (Wildman–Crippen LogP) is 0.724.